The number of methoxy groups -OCH3 is 1. The molecule has 0 heterocycles. The predicted molar refractivity (Wildman–Crippen MR) is 97.6 cm³/mol. The number of carbonyl (C=O) groups is 1. The van der Waals surface area contributed by atoms with E-state index in [0.717, 1.165) is 18.4 Å². The zero-order chi connectivity index (χ0) is 17.6. The molecule has 2 N–H and O–H groups in total. The van der Waals surface area contributed by atoms with Gasteiger partial charge in [-0.3, -0.25) is 0 Å². The lowest BCUT2D eigenvalue weighted by Crippen LogP contribution is -2.45. The number of urea groups is 1. The van der Waals surface area contributed by atoms with Crippen LogP contribution in [0.25, 0.3) is 0 Å². The van der Waals surface area contributed by atoms with Gasteiger partial charge in [-0.05, 0) is 36.5 Å². The highest BCUT2D eigenvalue weighted by Crippen LogP contribution is 2.36. The maximum absolute atomic E-state index is 12.9. The Bertz CT molecular complexity index is 701. The van der Waals surface area contributed by atoms with Crippen molar-refractivity contribution in [3.8, 4) is 5.75 Å². The summed E-state index contributed by atoms with van der Waals surface area (Å²) in [5, 5.41) is 12.8. The van der Waals surface area contributed by atoms with Crippen molar-refractivity contribution < 1.29 is 14.6 Å². The number of hydrogen-bond donors (Lipinski definition) is 2. The lowest BCUT2D eigenvalue weighted by Gasteiger charge is -2.31. The largest absolute Gasteiger partial charge is 0.497 e. The Labute approximate surface area is 148 Å². The number of hydrogen-bond acceptors (Lipinski definition) is 3. The first-order valence-electron chi connectivity index (χ1n) is 8.57. The second kappa shape index (κ2) is 8.03. The minimum Gasteiger partial charge on any atom is -0.497 e. The van der Waals surface area contributed by atoms with Crippen molar-refractivity contribution in [3.05, 3.63) is 60.2 Å². The Balaban J connectivity index is 1.78. The van der Waals surface area contributed by atoms with E-state index < -0.39 is 0 Å². The molecule has 0 saturated heterocycles. The van der Waals surface area contributed by atoms with Crippen molar-refractivity contribution in [2.45, 2.75) is 25.4 Å². The van der Waals surface area contributed by atoms with Gasteiger partial charge in [0.15, 0.2) is 0 Å². The minimum atomic E-state index is -0.206. The van der Waals surface area contributed by atoms with Crippen LogP contribution in [0.1, 0.15) is 18.4 Å². The number of anilines is 1. The first-order valence-corrected chi connectivity index (χ1v) is 8.57. The second-order valence-electron chi connectivity index (χ2n) is 6.36. The molecule has 25 heavy (non-hydrogen) atoms. The fourth-order valence-corrected chi connectivity index (χ4v) is 3.00. The van der Waals surface area contributed by atoms with Crippen molar-refractivity contribution >= 4 is 11.7 Å². The molecule has 3 rings (SSSR count). The second-order valence-corrected chi connectivity index (χ2v) is 6.36. The number of carbonyl (C=O) groups excluding carboxylic acids is 1. The third-order valence-corrected chi connectivity index (χ3v) is 4.53. The standard InChI is InChI=1S/C20H24N2O3/c1-25-18-9-5-8-17(12-18)21-20(24)22(19(14-23)16-10-11-16)13-15-6-3-2-4-7-15/h2-9,12,16,19,23H,10-11,13-14H2,1H3,(H,21,24). The zero-order valence-electron chi connectivity index (χ0n) is 14.4. The Morgan fingerprint density at radius 1 is 1.24 bits per heavy atom. The summed E-state index contributed by atoms with van der Waals surface area (Å²) in [5.74, 6) is 1.07. The van der Waals surface area contributed by atoms with E-state index in [4.69, 9.17) is 4.74 Å². The number of benzene rings is 2. The van der Waals surface area contributed by atoms with E-state index in [1.807, 2.05) is 48.5 Å². The molecule has 1 saturated carbocycles. The van der Waals surface area contributed by atoms with Gasteiger partial charge in [-0.15, -0.1) is 0 Å². The van der Waals surface area contributed by atoms with Gasteiger partial charge in [0, 0.05) is 18.3 Å². The van der Waals surface area contributed by atoms with Gasteiger partial charge in [-0.2, -0.15) is 0 Å². The summed E-state index contributed by atoms with van der Waals surface area (Å²) < 4.78 is 5.20. The first-order chi connectivity index (χ1) is 12.2. The molecule has 2 aromatic rings. The number of aliphatic hydroxyl groups excluding tert-OH is 1. The van der Waals surface area contributed by atoms with E-state index >= 15 is 0 Å². The van der Waals surface area contributed by atoms with Crippen LogP contribution in [0.2, 0.25) is 0 Å². The van der Waals surface area contributed by atoms with Gasteiger partial charge < -0.3 is 20.1 Å². The van der Waals surface area contributed by atoms with Crippen LogP contribution < -0.4 is 10.1 Å². The molecule has 5 nitrogen and oxygen atoms in total. The highest BCUT2D eigenvalue weighted by Gasteiger charge is 2.37. The number of ether oxygens (including phenoxy) is 1. The smallest absolute Gasteiger partial charge is 0.322 e. The van der Waals surface area contributed by atoms with E-state index in [1.54, 1.807) is 18.1 Å². The van der Waals surface area contributed by atoms with E-state index in [2.05, 4.69) is 5.32 Å². The van der Waals surface area contributed by atoms with Crippen molar-refractivity contribution in [2.75, 3.05) is 19.0 Å². The molecule has 1 atom stereocenters. The molecule has 2 amide bonds. The van der Waals surface area contributed by atoms with Crippen LogP contribution in [0.5, 0.6) is 5.75 Å². The average molecular weight is 340 g/mol. The topological polar surface area (TPSA) is 61.8 Å². The fourth-order valence-electron chi connectivity index (χ4n) is 3.00. The monoisotopic (exact) mass is 340 g/mol. The first kappa shape index (κ1) is 17.3. The third-order valence-electron chi connectivity index (χ3n) is 4.53. The molecule has 5 heteroatoms. The van der Waals surface area contributed by atoms with Crippen LogP contribution in [0.3, 0.4) is 0 Å². The summed E-state index contributed by atoms with van der Waals surface area (Å²) in [6.45, 7) is 0.446. The average Bonchev–Trinajstić information content (AvgIpc) is 3.47. The number of rotatable bonds is 7. The number of aliphatic hydroxyl groups is 1. The summed E-state index contributed by atoms with van der Waals surface area (Å²) in [6.07, 6.45) is 2.12. The molecule has 1 aliphatic rings. The SMILES string of the molecule is COc1cccc(NC(=O)N(Cc2ccccc2)C(CO)C2CC2)c1. The maximum atomic E-state index is 12.9. The highest BCUT2D eigenvalue weighted by atomic mass is 16.5. The number of nitrogens with zero attached hydrogens (tertiary/aromatic N) is 1. The van der Waals surface area contributed by atoms with Crippen LogP contribution in [0, 0.1) is 5.92 Å². The minimum absolute atomic E-state index is 0.0248. The molecule has 0 aliphatic heterocycles. The summed E-state index contributed by atoms with van der Waals surface area (Å²) in [4.78, 5) is 14.7. The van der Waals surface area contributed by atoms with Gasteiger partial charge in [-0.1, -0.05) is 36.4 Å². The van der Waals surface area contributed by atoms with Crippen molar-refractivity contribution in [2.24, 2.45) is 5.92 Å². The van der Waals surface area contributed by atoms with E-state index in [-0.39, 0.29) is 18.7 Å². The van der Waals surface area contributed by atoms with E-state index in [0.29, 0.717) is 23.9 Å². The van der Waals surface area contributed by atoms with E-state index in [9.17, 15) is 9.90 Å². The third kappa shape index (κ3) is 4.51. The summed E-state index contributed by atoms with van der Waals surface area (Å²) in [6, 6.07) is 16.8. The molecule has 2 aromatic carbocycles. The van der Waals surface area contributed by atoms with Crippen LogP contribution in [-0.2, 0) is 6.54 Å². The summed E-state index contributed by atoms with van der Waals surface area (Å²) in [5.41, 5.74) is 1.72. The van der Waals surface area contributed by atoms with Crippen LogP contribution in [0.4, 0.5) is 10.5 Å². The molecule has 1 fully saturated rings. The Kier molecular flexibility index (Phi) is 5.56. The number of amides is 2. The molecule has 0 aromatic heterocycles. The molecular weight excluding hydrogens is 316 g/mol. The molecule has 1 unspecified atom stereocenters. The molecule has 132 valence electrons. The molecule has 0 radical (unpaired) electrons. The molecule has 1 aliphatic carbocycles. The summed E-state index contributed by atoms with van der Waals surface area (Å²) in [7, 11) is 1.59. The van der Waals surface area contributed by atoms with Crippen LogP contribution in [-0.4, -0.2) is 35.8 Å². The van der Waals surface area contributed by atoms with Crippen molar-refractivity contribution in [1.82, 2.24) is 4.90 Å². The van der Waals surface area contributed by atoms with Gasteiger partial charge in [-0.25, -0.2) is 4.79 Å². The molecule has 0 spiro atoms. The predicted octanol–water partition coefficient (Wildman–Crippen LogP) is 3.50. The highest BCUT2D eigenvalue weighted by molar-refractivity contribution is 5.89. The summed E-state index contributed by atoms with van der Waals surface area (Å²) >= 11 is 0. The maximum Gasteiger partial charge on any atom is 0.322 e. The fraction of sp³-hybridized carbons (Fsp3) is 0.350. The van der Waals surface area contributed by atoms with E-state index in [1.165, 1.54) is 0 Å². The lowest BCUT2D eigenvalue weighted by molar-refractivity contribution is 0.124. The Hall–Kier alpha value is -2.53. The Morgan fingerprint density at radius 3 is 2.64 bits per heavy atom. The normalized spacial score (nSPS) is 14.6. The molecular formula is C20H24N2O3. The zero-order valence-corrected chi connectivity index (χ0v) is 14.4. The molecule has 0 bridgehead atoms. The van der Waals surface area contributed by atoms with Gasteiger partial charge in [0.2, 0.25) is 0 Å². The van der Waals surface area contributed by atoms with Crippen molar-refractivity contribution in [1.29, 1.82) is 0 Å². The Morgan fingerprint density at radius 2 is 2.00 bits per heavy atom. The van der Waals surface area contributed by atoms with Gasteiger partial charge in [0.05, 0.1) is 19.8 Å². The van der Waals surface area contributed by atoms with Crippen LogP contribution in [0.15, 0.2) is 54.6 Å². The van der Waals surface area contributed by atoms with Gasteiger partial charge >= 0.3 is 6.03 Å². The lowest BCUT2D eigenvalue weighted by atomic mass is 10.1. The van der Waals surface area contributed by atoms with Gasteiger partial charge in [0.1, 0.15) is 5.75 Å². The van der Waals surface area contributed by atoms with Gasteiger partial charge in [0.25, 0.3) is 0 Å². The quantitative estimate of drug-likeness (QED) is 0.811. The van der Waals surface area contributed by atoms with Crippen LogP contribution >= 0.6 is 0 Å². The number of nitrogens with one attached hydrogen (secondary N) is 1. The van der Waals surface area contributed by atoms with Crippen molar-refractivity contribution in [3.63, 3.8) is 0 Å².